The van der Waals surface area contributed by atoms with Gasteiger partial charge in [-0.1, -0.05) is 30.4 Å². The highest BCUT2D eigenvalue weighted by Crippen LogP contribution is 2.38. The summed E-state index contributed by atoms with van der Waals surface area (Å²) in [5, 5.41) is 0.750. The third-order valence-electron chi connectivity index (χ3n) is 6.48. The number of likely N-dealkylation sites (tertiary alicyclic amines) is 1. The zero-order valence-electron chi connectivity index (χ0n) is 17.2. The summed E-state index contributed by atoms with van der Waals surface area (Å²) in [4.78, 5) is 14.4. The molecule has 2 saturated heterocycles. The Kier molecular flexibility index (Phi) is 5.38. The monoisotopic (exact) mass is 446 g/mol. The van der Waals surface area contributed by atoms with Gasteiger partial charge in [0, 0.05) is 31.1 Å². The van der Waals surface area contributed by atoms with Crippen molar-refractivity contribution in [1.82, 2.24) is 14.9 Å². The van der Waals surface area contributed by atoms with Crippen LogP contribution in [0.15, 0.2) is 48.3 Å². The van der Waals surface area contributed by atoms with E-state index in [0.717, 1.165) is 73.7 Å². The molecular formula is C23H25F3N4S. The van der Waals surface area contributed by atoms with Gasteiger partial charge in [-0.25, -0.2) is 9.97 Å². The summed E-state index contributed by atoms with van der Waals surface area (Å²) in [6.07, 6.45) is 4.97. The average molecular weight is 447 g/mol. The maximum Gasteiger partial charge on any atom is 0.393 e. The SMILES string of the molecule is C=C1C=CC(CN2CC[C@@H]3CN(c4ncnc5sc(CC(F)(F)F)cc45)C[C@@H]3C2)=CC1. The van der Waals surface area contributed by atoms with Crippen molar-refractivity contribution in [3.63, 3.8) is 0 Å². The predicted octanol–water partition coefficient (Wildman–Crippen LogP) is 5.00. The maximum atomic E-state index is 12.8. The third-order valence-corrected chi connectivity index (χ3v) is 7.53. The number of aromatic nitrogens is 2. The molecule has 0 spiro atoms. The van der Waals surface area contributed by atoms with Gasteiger partial charge < -0.3 is 4.90 Å². The zero-order chi connectivity index (χ0) is 21.6. The van der Waals surface area contributed by atoms with E-state index in [1.165, 1.54) is 11.9 Å². The summed E-state index contributed by atoms with van der Waals surface area (Å²) in [6, 6.07) is 1.63. The molecule has 2 aromatic heterocycles. The van der Waals surface area contributed by atoms with Crippen molar-refractivity contribution >= 4 is 27.4 Å². The first-order valence-electron chi connectivity index (χ1n) is 10.7. The molecule has 0 amide bonds. The van der Waals surface area contributed by atoms with Crippen LogP contribution in [0.25, 0.3) is 10.2 Å². The van der Waals surface area contributed by atoms with Crippen LogP contribution in [-0.4, -0.2) is 53.8 Å². The van der Waals surface area contributed by atoms with Crippen LogP contribution >= 0.6 is 11.3 Å². The molecule has 5 rings (SSSR count). The summed E-state index contributed by atoms with van der Waals surface area (Å²) >= 11 is 1.12. The van der Waals surface area contributed by atoms with Gasteiger partial charge >= 0.3 is 6.18 Å². The fraction of sp³-hybridized carbons (Fsp3) is 0.478. The number of hydrogen-bond acceptors (Lipinski definition) is 5. The quantitative estimate of drug-likeness (QED) is 0.662. The number of rotatable bonds is 4. The van der Waals surface area contributed by atoms with Gasteiger partial charge in [0.1, 0.15) is 17.0 Å². The molecule has 0 unspecified atom stereocenters. The Morgan fingerprint density at radius 2 is 1.97 bits per heavy atom. The van der Waals surface area contributed by atoms with E-state index in [9.17, 15) is 13.2 Å². The summed E-state index contributed by atoms with van der Waals surface area (Å²) in [5.41, 5.74) is 2.51. The highest BCUT2D eigenvalue weighted by Gasteiger charge is 2.38. The number of allylic oxidation sites excluding steroid dienone is 3. The van der Waals surface area contributed by atoms with Crippen LogP contribution in [0.5, 0.6) is 0 Å². The Bertz CT molecular complexity index is 1050. The molecule has 4 heterocycles. The van der Waals surface area contributed by atoms with Crippen molar-refractivity contribution in [3.8, 4) is 0 Å². The van der Waals surface area contributed by atoms with Crippen molar-refractivity contribution in [1.29, 1.82) is 0 Å². The lowest BCUT2D eigenvalue weighted by Gasteiger charge is -2.34. The largest absolute Gasteiger partial charge is 0.393 e. The number of hydrogen-bond donors (Lipinski definition) is 0. The smallest absolute Gasteiger partial charge is 0.355 e. The van der Waals surface area contributed by atoms with E-state index in [2.05, 4.69) is 44.6 Å². The molecule has 0 N–H and O–H groups in total. The summed E-state index contributed by atoms with van der Waals surface area (Å²) in [6.45, 7) is 8.90. The number of halogens is 3. The van der Waals surface area contributed by atoms with Gasteiger partial charge in [0.15, 0.2) is 0 Å². The molecule has 8 heteroatoms. The molecule has 3 aliphatic rings. The van der Waals surface area contributed by atoms with Crippen molar-refractivity contribution < 1.29 is 13.2 Å². The molecule has 0 aromatic carbocycles. The van der Waals surface area contributed by atoms with Crippen LogP contribution < -0.4 is 4.90 Å². The van der Waals surface area contributed by atoms with Gasteiger partial charge in [0.25, 0.3) is 0 Å². The first-order valence-corrected chi connectivity index (χ1v) is 11.5. The second kappa shape index (κ2) is 8.06. The van der Waals surface area contributed by atoms with Crippen molar-refractivity contribution in [2.75, 3.05) is 37.6 Å². The molecule has 0 radical (unpaired) electrons. The van der Waals surface area contributed by atoms with Crippen LogP contribution in [-0.2, 0) is 6.42 Å². The molecule has 1 aliphatic carbocycles. The lowest BCUT2D eigenvalue weighted by molar-refractivity contribution is -0.126. The Labute approximate surface area is 183 Å². The lowest BCUT2D eigenvalue weighted by Crippen LogP contribution is -2.40. The van der Waals surface area contributed by atoms with E-state index in [1.54, 1.807) is 6.07 Å². The van der Waals surface area contributed by atoms with Gasteiger partial charge in [-0.15, -0.1) is 11.3 Å². The molecular weight excluding hydrogens is 421 g/mol. The van der Waals surface area contributed by atoms with Crippen LogP contribution in [0.3, 0.4) is 0 Å². The third kappa shape index (κ3) is 4.55. The molecule has 0 bridgehead atoms. The van der Waals surface area contributed by atoms with Crippen molar-refractivity contribution in [2.45, 2.75) is 25.4 Å². The zero-order valence-corrected chi connectivity index (χ0v) is 18.1. The van der Waals surface area contributed by atoms with E-state index in [-0.39, 0.29) is 0 Å². The Morgan fingerprint density at radius 1 is 1.13 bits per heavy atom. The normalized spacial score (nSPS) is 24.7. The minimum absolute atomic E-state index is 0.295. The van der Waals surface area contributed by atoms with Gasteiger partial charge in [0.05, 0.1) is 11.8 Å². The molecule has 2 fully saturated rings. The lowest BCUT2D eigenvalue weighted by atomic mass is 9.88. The second-order valence-electron chi connectivity index (χ2n) is 8.84. The maximum absolute atomic E-state index is 12.8. The van der Waals surface area contributed by atoms with E-state index < -0.39 is 12.6 Å². The van der Waals surface area contributed by atoms with Crippen molar-refractivity contribution in [3.05, 3.63) is 53.2 Å². The number of thiophene rings is 1. The number of nitrogens with zero attached hydrogens (tertiary/aromatic N) is 4. The topological polar surface area (TPSA) is 32.3 Å². The Balaban J connectivity index is 1.29. The first-order chi connectivity index (χ1) is 14.8. The molecule has 2 atom stereocenters. The van der Waals surface area contributed by atoms with Gasteiger partial charge in [-0.2, -0.15) is 13.2 Å². The standard InChI is InChI=1S/C23H25F3N4S/c1-15-2-4-16(5-3-15)10-29-7-6-17-12-30(13-18(17)11-29)21-20-8-19(9-23(24,25)26)31-22(20)28-14-27-21/h2,4-5,8,14,17-18H,1,3,6-7,9-13H2/t17-,18+/m1/s1. The minimum atomic E-state index is -4.21. The van der Waals surface area contributed by atoms with E-state index >= 15 is 0 Å². The number of anilines is 1. The Morgan fingerprint density at radius 3 is 2.74 bits per heavy atom. The minimum Gasteiger partial charge on any atom is -0.355 e. The summed E-state index contributed by atoms with van der Waals surface area (Å²) in [7, 11) is 0. The van der Waals surface area contributed by atoms with E-state index in [4.69, 9.17) is 0 Å². The second-order valence-corrected chi connectivity index (χ2v) is 9.96. The van der Waals surface area contributed by atoms with Gasteiger partial charge in [0.2, 0.25) is 0 Å². The van der Waals surface area contributed by atoms with E-state index in [1.807, 2.05) is 0 Å². The van der Waals surface area contributed by atoms with Gasteiger partial charge in [-0.05, 0) is 42.9 Å². The molecule has 4 nitrogen and oxygen atoms in total. The molecule has 2 aliphatic heterocycles. The average Bonchev–Trinajstić information content (AvgIpc) is 3.31. The molecule has 31 heavy (non-hydrogen) atoms. The fourth-order valence-electron chi connectivity index (χ4n) is 4.99. The van der Waals surface area contributed by atoms with Crippen LogP contribution in [0.2, 0.25) is 0 Å². The van der Waals surface area contributed by atoms with Gasteiger partial charge in [-0.3, -0.25) is 4.90 Å². The first kappa shape index (κ1) is 20.7. The highest BCUT2D eigenvalue weighted by molar-refractivity contribution is 7.18. The Hall–Kier alpha value is -2.19. The van der Waals surface area contributed by atoms with Crippen LogP contribution in [0, 0.1) is 11.8 Å². The number of alkyl halides is 3. The number of fused-ring (bicyclic) bond motifs is 2. The van der Waals surface area contributed by atoms with Crippen LogP contribution in [0.1, 0.15) is 17.7 Å². The number of piperidine rings is 1. The predicted molar refractivity (Wildman–Crippen MR) is 118 cm³/mol. The molecule has 2 aromatic rings. The van der Waals surface area contributed by atoms with E-state index in [0.29, 0.717) is 21.5 Å². The summed E-state index contributed by atoms with van der Waals surface area (Å²) in [5.74, 6) is 1.94. The fourth-order valence-corrected chi connectivity index (χ4v) is 6.01. The molecule has 0 saturated carbocycles. The molecule has 164 valence electrons. The van der Waals surface area contributed by atoms with Crippen molar-refractivity contribution in [2.24, 2.45) is 11.8 Å². The van der Waals surface area contributed by atoms with Crippen LogP contribution in [0.4, 0.5) is 19.0 Å². The summed E-state index contributed by atoms with van der Waals surface area (Å²) < 4.78 is 38.5. The highest BCUT2D eigenvalue weighted by atomic mass is 32.1.